The largest absolute Gasteiger partial charge is 0.465 e. The van der Waals surface area contributed by atoms with E-state index in [2.05, 4.69) is 15.9 Å². The number of furan rings is 1. The summed E-state index contributed by atoms with van der Waals surface area (Å²) in [5.41, 5.74) is 0. The number of rotatable bonds is 1. The zero-order chi connectivity index (χ0) is 6.69. The summed E-state index contributed by atoms with van der Waals surface area (Å²) in [6.45, 7) is 0. The average Bonchev–Trinajstić information content (AvgIpc) is 2.15. The minimum Gasteiger partial charge on any atom is -0.465 e. The molecule has 1 heterocycles. The van der Waals surface area contributed by atoms with Gasteiger partial charge in [-0.15, -0.1) is 0 Å². The lowest BCUT2D eigenvalue weighted by molar-refractivity contribution is 0.555. The Balaban J connectivity index is 2.80. The summed E-state index contributed by atoms with van der Waals surface area (Å²) >= 11 is 2.63. The molecule has 1 aromatic rings. The van der Waals surface area contributed by atoms with Crippen LogP contribution in [0.1, 0.15) is 5.76 Å². The van der Waals surface area contributed by atoms with Crippen molar-refractivity contribution in [3.63, 3.8) is 0 Å². The van der Waals surface area contributed by atoms with Crippen LogP contribution in [0.25, 0.3) is 6.08 Å². The van der Waals surface area contributed by atoms with E-state index in [1.807, 2.05) is 0 Å². The van der Waals surface area contributed by atoms with Crippen LogP contribution < -0.4 is 0 Å². The van der Waals surface area contributed by atoms with Gasteiger partial charge in [-0.2, -0.15) is 4.39 Å². The van der Waals surface area contributed by atoms with Crippen molar-refractivity contribution >= 4 is 22.0 Å². The molecule has 0 aliphatic carbocycles. The van der Waals surface area contributed by atoms with Gasteiger partial charge in [-0.3, -0.25) is 0 Å². The van der Waals surface area contributed by atoms with Crippen molar-refractivity contribution in [2.24, 2.45) is 0 Å². The van der Waals surface area contributed by atoms with Crippen LogP contribution >= 0.6 is 15.9 Å². The first kappa shape index (κ1) is 6.55. The van der Waals surface area contributed by atoms with E-state index < -0.39 is 4.74 Å². The Morgan fingerprint density at radius 1 is 1.78 bits per heavy atom. The molecule has 9 heavy (non-hydrogen) atoms. The van der Waals surface area contributed by atoms with Crippen LogP contribution in [0.15, 0.2) is 27.5 Å². The zero-order valence-electron chi connectivity index (χ0n) is 4.47. The first-order valence-electron chi connectivity index (χ1n) is 2.35. The van der Waals surface area contributed by atoms with Gasteiger partial charge < -0.3 is 4.42 Å². The van der Waals surface area contributed by atoms with Crippen molar-refractivity contribution in [1.82, 2.24) is 0 Å². The lowest BCUT2D eigenvalue weighted by Gasteiger charge is -1.79. The van der Waals surface area contributed by atoms with Crippen LogP contribution in [0.2, 0.25) is 0 Å². The second-order valence-corrected chi connectivity index (χ2v) is 2.21. The molecular weight excluding hydrogens is 187 g/mol. The number of halogens is 2. The highest BCUT2D eigenvalue weighted by Crippen LogP contribution is 2.12. The smallest absolute Gasteiger partial charge is 0.169 e. The molecule has 0 N–H and O–H groups in total. The molecule has 0 unspecified atom stereocenters. The molecule has 0 spiro atoms. The van der Waals surface area contributed by atoms with Crippen molar-refractivity contribution in [1.29, 1.82) is 0 Å². The fourth-order valence-corrected chi connectivity index (χ4v) is 0.707. The van der Waals surface area contributed by atoms with E-state index in [1.165, 1.54) is 12.3 Å². The Bertz CT molecular complexity index is 199. The van der Waals surface area contributed by atoms with E-state index in [0.29, 0.717) is 5.76 Å². The van der Waals surface area contributed by atoms with E-state index in [9.17, 15) is 4.39 Å². The molecule has 0 aliphatic rings. The molecule has 0 atom stereocenters. The molecule has 1 nitrogen and oxygen atoms in total. The van der Waals surface area contributed by atoms with Crippen molar-refractivity contribution in [2.75, 3.05) is 0 Å². The van der Waals surface area contributed by atoms with Gasteiger partial charge in [0.2, 0.25) is 0 Å². The van der Waals surface area contributed by atoms with Crippen LogP contribution in [-0.2, 0) is 0 Å². The maximum Gasteiger partial charge on any atom is 0.169 e. The standard InChI is InChI=1S/C6H4BrFO/c7-6(8)4-5-2-1-3-9-5/h1-4H. The summed E-state index contributed by atoms with van der Waals surface area (Å²) in [5, 5.41) is 0. The maximum atomic E-state index is 12.0. The summed E-state index contributed by atoms with van der Waals surface area (Å²) in [6, 6.07) is 3.36. The second kappa shape index (κ2) is 2.82. The molecule has 48 valence electrons. The molecule has 0 saturated carbocycles. The van der Waals surface area contributed by atoms with Crippen LogP contribution in [0.3, 0.4) is 0 Å². The Morgan fingerprint density at radius 2 is 2.56 bits per heavy atom. The Hall–Kier alpha value is -0.570. The average molecular weight is 191 g/mol. The van der Waals surface area contributed by atoms with Crippen molar-refractivity contribution in [2.45, 2.75) is 0 Å². The molecule has 0 saturated heterocycles. The summed E-state index contributed by atoms with van der Waals surface area (Å²) in [4.78, 5) is 0. The van der Waals surface area contributed by atoms with Gasteiger partial charge in [0.05, 0.1) is 6.26 Å². The third-order valence-corrected chi connectivity index (χ3v) is 1.02. The fraction of sp³-hybridized carbons (Fsp3) is 0. The minimum atomic E-state index is -0.433. The molecule has 3 heteroatoms. The SMILES string of the molecule is FC(Br)=Cc1ccco1. The Morgan fingerprint density at radius 3 is 3.00 bits per heavy atom. The lowest BCUT2D eigenvalue weighted by Crippen LogP contribution is -1.58. The first-order valence-corrected chi connectivity index (χ1v) is 3.14. The van der Waals surface area contributed by atoms with Gasteiger partial charge in [0.1, 0.15) is 5.76 Å². The molecule has 0 aliphatic heterocycles. The van der Waals surface area contributed by atoms with Gasteiger partial charge in [0, 0.05) is 6.08 Å². The van der Waals surface area contributed by atoms with Crippen LogP contribution in [0, 0.1) is 0 Å². The predicted molar refractivity (Wildman–Crippen MR) is 36.7 cm³/mol. The third kappa shape index (κ3) is 2.01. The molecule has 1 aromatic heterocycles. The van der Waals surface area contributed by atoms with E-state index in [4.69, 9.17) is 4.42 Å². The summed E-state index contributed by atoms with van der Waals surface area (Å²) in [7, 11) is 0. The Kier molecular flexibility index (Phi) is 2.05. The minimum absolute atomic E-state index is 0.433. The van der Waals surface area contributed by atoms with E-state index in [-0.39, 0.29) is 0 Å². The van der Waals surface area contributed by atoms with Gasteiger partial charge in [-0.1, -0.05) is 0 Å². The molecule has 0 radical (unpaired) electrons. The lowest BCUT2D eigenvalue weighted by atomic mass is 10.4. The monoisotopic (exact) mass is 190 g/mol. The zero-order valence-corrected chi connectivity index (χ0v) is 6.06. The molecular formula is C6H4BrFO. The fourth-order valence-electron chi connectivity index (χ4n) is 0.481. The van der Waals surface area contributed by atoms with Gasteiger partial charge in [-0.25, -0.2) is 0 Å². The van der Waals surface area contributed by atoms with Gasteiger partial charge in [0.15, 0.2) is 4.74 Å². The molecule has 0 aromatic carbocycles. The van der Waals surface area contributed by atoms with E-state index in [1.54, 1.807) is 12.1 Å². The number of hydrogen-bond donors (Lipinski definition) is 0. The van der Waals surface area contributed by atoms with Crippen LogP contribution in [0.4, 0.5) is 4.39 Å². The summed E-state index contributed by atoms with van der Waals surface area (Å²) < 4.78 is 16.3. The molecule has 0 bridgehead atoms. The third-order valence-electron chi connectivity index (χ3n) is 0.795. The van der Waals surface area contributed by atoms with E-state index in [0.717, 1.165) is 0 Å². The van der Waals surface area contributed by atoms with Gasteiger partial charge in [-0.05, 0) is 28.1 Å². The normalized spacial score (nSPS) is 12.0. The predicted octanol–water partition coefficient (Wildman–Crippen LogP) is 2.94. The van der Waals surface area contributed by atoms with Gasteiger partial charge >= 0.3 is 0 Å². The summed E-state index contributed by atoms with van der Waals surface area (Å²) in [6.07, 6.45) is 2.74. The van der Waals surface area contributed by atoms with E-state index >= 15 is 0 Å². The maximum absolute atomic E-state index is 12.0. The topological polar surface area (TPSA) is 13.1 Å². The Labute approximate surface area is 60.3 Å². The first-order chi connectivity index (χ1) is 4.29. The van der Waals surface area contributed by atoms with Crippen molar-refractivity contribution in [3.8, 4) is 0 Å². The van der Waals surface area contributed by atoms with Crippen molar-refractivity contribution < 1.29 is 8.81 Å². The quantitative estimate of drug-likeness (QED) is 0.664. The molecule has 0 fully saturated rings. The van der Waals surface area contributed by atoms with Gasteiger partial charge in [0.25, 0.3) is 0 Å². The second-order valence-electron chi connectivity index (χ2n) is 1.45. The summed E-state index contributed by atoms with van der Waals surface area (Å²) in [5.74, 6) is 0.504. The van der Waals surface area contributed by atoms with Crippen LogP contribution in [-0.4, -0.2) is 0 Å². The highest BCUT2D eigenvalue weighted by Gasteiger charge is 1.90. The highest BCUT2D eigenvalue weighted by atomic mass is 79.9. The highest BCUT2D eigenvalue weighted by molar-refractivity contribution is 9.11. The molecule has 1 rings (SSSR count). The number of hydrogen-bond acceptors (Lipinski definition) is 1. The van der Waals surface area contributed by atoms with Crippen LogP contribution in [0.5, 0.6) is 0 Å². The molecule has 0 amide bonds. The van der Waals surface area contributed by atoms with Crippen molar-refractivity contribution in [3.05, 3.63) is 28.9 Å².